The molecule has 3 heteroatoms. The molecule has 58 valence electrons. The van der Waals surface area contributed by atoms with Crippen LogP contribution >= 0.6 is 0 Å². The Morgan fingerprint density at radius 2 is 2.60 bits per heavy atom. The first-order valence-electron chi connectivity index (χ1n) is 3.66. The summed E-state index contributed by atoms with van der Waals surface area (Å²) >= 11 is 0. The van der Waals surface area contributed by atoms with Crippen LogP contribution in [-0.2, 0) is 9.53 Å². The highest BCUT2D eigenvalue weighted by Gasteiger charge is 2.14. The summed E-state index contributed by atoms with van der Waals surface area (Å²) in [7, 11) is 0. The second-order valence-corrected chi connectivity index (χ2v) is 2.60. The number of carbonyl (C=O) groups is 1. The van der Waals surface area contributed by atoms with Crippen molar-refractivity contribution < 1.29 is 9.53 Å². The fourth-order valence-corrected chi connectivity index (χ4v) is 1.12. The lowest BCUT2D eigenvalue weighted by atomic mass is 10.2. The van der Waals surface area contributed by atoms with Gasteiger partial charge in [0.05, 0.1) is 0 Å². The summed E-state index contributed by atoms with van der Waals surface area (Å²) in [6.45, 7) is 3.04. The van der Waals surface area contributed by atoms with Gasteiger partial charge in [-0.3, -0.25) is 4.79 Å². The molecule has 0 radical (unpaired) electrons. The standard InChI is InChI=1S/C7H13NO2/c1-6(9)10-5-7-3-2-4-8-7/h7-8H,2-5H2,1H3. The lowest BCUT2D eigenvalue weighted by molar-refractivity contribution is -0.141. The maximum absolute atomic E-state index is 10.4. The monoisotopic (exact) mass is 143 g/mol. The highest BCUT2D eigenvalue weighted by atomic mass is 16.5. The molecule has 1 unspecified atom stereocenters. The van der Waals surface area contributed by atoms with Crippen LogP contribution in [0.4, 0.5) is 0 Å². The van der Waals surface area contributed by atoms with Gasteiger partial charge in [-0.05, 0) is 19.4 Å². The average molecular weight is 143 g/mol. The van der Waals surface area contributed by atoms with Gasteiger partial charge in [0.15, 0.2) is 0 Å². The fraction of sp³-hybridized carbons (Fsp3) is 0.857. The molecule has 1 saturated heterocycles. The lowest BCUT2D eigenvalue weighted by Gasteiger charge is -2.08. The number of hydrogen-bond acceptors (Lipinski definition) is 3. The minimum atomic E-state index is -0.186. The second kappa shape index (κ2) is 3.56. The summed E-state index contributed by atoms with van der Waals surface area (Å²) in [5.41, 5.74) is 0. The number of hydrogen-bond donors (Lipinski definition) is 1. The van der Waals surface area contributed by atoms with Gasteiger partial charge in [-0.2, -0.15) is 0 Å². The van der Waals surface area contributed by atoms with Gasteiger partial charge in [0.1, 0.15) is 6.61 Å². The maximum atomic E-state index is 10.4. The number of ether oxygens (including phenoxy) is 1. The third kappa shape index (κ3) is 2.35. The molecule has 0 aliphatic carbocycles. The molecular formula is C7H13NO2. The highest BCUT2D eigenvalue weighted by molar-refractivity contribution is 5.65. The van der Waals surface area contributed by atoms with E-state index in [1.54, 1.807) is 0 Å². The molecule has 1 rings (SSSR count). The lowest BCUT2D eigenvalue weighted by Crippen LogP contribution is -2.27. The molecule has 0 aromatic carbocycles. The van der Waals surface area contributed by atoms with Gasteiger partial charge in [0.25, 0.3) is 0 Å². The number of rotatable bonds is 2. The normalized spacial score (nSPS) is 24.7. The summed E-state index contributed by atoms with van der Waals surface area (Å²) < 4.78 is 4.82. The van der Waals surface area contributed by atoms with E-state index in [0.717, 1.165) is 13.0 Å². The Balaban J connectivity index is 2.07. The third-order valence-corrected chi connectivity index (χ3v) is 1.65. The molecule has 3 nitrogen and oxygen atoms in total. The molecule has 0 bridgehead atoms. The predicted octanol–water partition coefficient (Wildman–Crippen LogP) is 0.301. The highest BCUT2D eigenvalue weighted by Crippen LogP contribution is 2.04. The van der Waals surface area contributed by atoms with Crippen molar-refractivity contribution >= 4 is 5.97 Å². The first kappa shape index (κ1) is 7.54. The van der Waals surface area contributed by atoms with E-state index in [1.165, 1.54) is 13.3 Å². The van der Waals surface area contributed by atoms with E-state index in [9.17, 15) is 4.79 Å². The molecule has 1 heterocycles. The van der Waals surface area contributed by atoms with Gasteiger partial charge >= 0.3 is 5.97 Å². The molecule has 0 saturated carbocycles. The zero-order chi connectivity index (χ0) is 7.40. The first-order chi connectivity index (χ1) is 4.79. The van der Waals surface area contributed by atoms with E-state index in [4.69, 9.17) is 4.74 Å². The maximum Gasteiger partial charge on any atom is 0.302 e. The molecule has 1 aliphatic rings. The van der Waals surface area contributed by atoms with Crippen molar-refractivity contribution in [3.05, 3.63) is 0 Å². The minimum absolute atomic E-state index is 0.186. The van der Waals surface area contributed by atoms with Crippen molar-refractivity contribution in [1.82, 2.24) is 5.32 Å². The van der Waals surface area contributed by atoms with E-state index >= 15 is 0 Å². The van der Waals surface area contributed by atoms with Crippen LogP contribution in [-0.4, -0.2) is 25.2 Å². The second-order valence-electron chi connectivity index (χ2n) is 2.60. The Labute approximate surface area is 60.7 Å². The van der Waals surface area contributed by atoms with E-state index in [2.05, 4.69) is 5.32 Å². The molecular weight excluding hydrogens is 130 g/mol. The molecule has 1 N–H and O–H groups in total. The van der Waals surface area contributed by atoms with Crippen LogP contribution in [0.25, 0.3) is 0 Å². The van der Waals surface area contributed by atoms with Crippen molar-refractivity contribution in [2.75, 3.05) is 13.2 Å². The van der Waals surface area contributed by atoms with Gasteiger partial charge in [-0.1, -0.05) is 0 Å². The van der Waals surface area contributed by atoms with Crippen LogP contribution in [0.5, 0.6) is 0 Å². The van der Waals surface area contributed by atoms with Crippen molar-refractivity contribution in [3.8, 4) is 0 Å². The quantitative estimate of drug-likeness (QED) is 0.565. The Hall–Kier alpha value is -0.570. The third-order valence-electron chi connectivity index (χ3n) is 1.65. The van der Waals surface area contributed by atoms with Crippen molar-refractivity contribution in [2.24, 2.45) is 0 Å². The van der Waals surface area contributed by atoms with Gasteiger partial charge in [0, 0.05) is 13.0 Å². The van der Waals surface area contributed by atoms with E-state index in [1.807, 2.05) is 0 Å². The molecule has 0 aromatic rings. The minimum Gasteiger partial charge on any atom is -0.464 e. The summed E-state index contributed by atoms with van der Waals surface area (Å²) in [5, 5.41) is 3.23. The van der Waals surface area contributed by atoms with E-state index in [-0.39, 0.29) is 5.97 Å². The van der Waals surface area contributed by atoms with Crippen molar-refractivity contribution in [2.45, 2.75) is 25.8 Å². The Bertz CT molecular complexity index is 119. The smallest absolute Gasteiger partial charge is 0.302 e. The van der Waals surface area contributed by atoms with Crippen LogP contribution in [0.2, 0.25) is 0 Å². The molecule has 1 fully saturated rings. The van der Waals surface area contributed by atoms with Gasteiger partial charge in [-0.25, -0.2) is 0 Å². The Morgan fingerprint density at radius 3 is 3.10 bits per heavy atom. The summed E-state index contributed by atoms with van der Waals surface area (Å²) in [4.78, 5) is 10.4. The van der Waals surface area contributed by atoms with Crippen LogP contribution in [0.1, 0.15) is 19.8 Å². The number of esters is 1. The first-order valence-corrected chi connectivity index (χ1v) is 3.66. The Kier molecular flexibility index (Phi) is 2.68. The van der Waals surface area contributed by atoms with Gasteiger partial charge in [0.2, 0.25) is 0 Å². The SMILES string of the molecule is CC(=O)OCC1CCCN1. The van der Waals surface area contributed by atoms with Crippen LogP contribution in [0, 0.1) is 0 Å². The van der Waals surface area contributed by atoms with Crippen LogP contribution in [0.15, 0.2) is 0 Å². The summed E-state index contributed by atoms with van der Waals surface area (Å²) in [5.74, 6) is -0.186. The molecule has 0 amide bonds. The molecule has 0 spiro atoms. The van der Waals surface area contributed by atoms with Crippen molar-refractivity contribution in [3.63, 3.8) is 0 Å². The topological polar surface area (TPSA) is 38.3 Å². The zero-order valence-corrected chi connectivity index (χ0v) is 6.22. The number of carbonyl (C=O) groups excluding carboxylic acids is 1. The molecule has 1 atom stereocenters. The summed E-state index contributed by atoms with van der Waals surface area (Å²) in [6.07, 6.45) is 2.33. The molecule has 0 aromatic heterocycles. The molecule has 10 heavy (non-hydrogen) atoms. The largest absolute Gasteiger partial charge is 0.464 e. The van der Waals surface area contributed by atoms with Crippen molar-refractivity contribution in [1.29, 1.82) is 0 Å². The van der Waals surface area contributed by atoms with E-state index in [0.29, 0.717) is 12.6 Å². The van der Waals surface area contributed by atoms with Crippen LogP contribution in [0.3, 0.4) is 0 Å². The fourth-order valence-electron chi connectivity index (χ4n) is 1.12. The van der Waals surface area contributed by atoms with E-state index < -0.39 is 0 Å². The molecule has 1 aliphatic heterocycles. The average Bonchev–Trinajstić information content (AvgIpc) is 2.34. The Morgan fingerprint density at radius 1 is 1.80 bits per heavy atom. The number of nitrogens with one attached hydrogen (secondary N) is 1. The van der Waals surface area contributed by atoms with Crippen LogP contribution < -0.4 is 5.32 Å². The van der Waals surface area contributed by atoms with Gasteiger partial charge < -0.3 is 10.1 Å². The predicted molar refractivity (Wildman–Crippen MR) is 37.7 cm³/mol. The summed E-state index contributed by atoms with van der Waals surface area (Å²) in [6, 6.07) is 0.406. The van der Waals surface area contributed by atoms with Gasteiger partial charge in [-0.15, -0.1) is 0 Å². The zero-order valence-electron chi connectivity index (χ0n) is 6.22.